The number of hydrogen-bond acceptors (Lipinski definition) is 4. The van der Waals surface area contributed by atoms with Gasteiger partial charge in [0.15, 0.2) is 0 Å². The topological polar surface area (TPSA) is 42.2 Å². The van der Waals surface area contributed by atoms with Gasteiger partial charge in [-0.3, -0.25) is 0 Å². The van der Waals surface area contributed by atoms with E-state index in [1.807, 2.05) is 7.05 Å². The fraction of sp³-hybridized carbons (Fsp3) is 0.833. The van der Waals surface area contributed by atoms with E-state index in [1.54, 1.807) is 0 Å². The number of hydrogen-bond donors (Lipinski definition) is 0. The number of rotatable bonds is 4. The Morgan fingerprint density at radius 3 is 2.65 bits per heavy atom. The van der Waals surface area contributed by atoms with Crippen molar-refractivity contribution in [3.63, 3.8) is 0 Å². The Hall–Kier alpha value is -0.770. The smallest absolute Gasteiger partial charge is 0.318 e. The fourth-order valence-corrected chi connectivity index (χ4v) is 2.52. The largest absolute Gasteiger partial charge is 0.408 e. The Morgan fingerprint density at radius 2 is 2.00 bits per heavy atom. The van der Waals surface area contributed by atoms with E-state index in [2.05, 4.69) is 22.0 Å². The van der Waals surface area contributed by atoms with E-state index >= 15 is 0 Å². The van der Waals surface area contributed by atoms with Crippen LogP contribution >= 0.6 is 11.6 Å². The van der Waals surface area contributed by atoms with Crippen LogP contribution in [0.3, 0.4) is 0 Å². The second-order valence-electron chi connectivity index (χ2n) is 4.94. The Kier molecular flexibility index (Phi) is 4.26. The maximum Gasteiger partial charge on any atom is 0.318 e. The molecule has 0 atom stereocenters. The molecule has 1 fully saturated rings. The molecule has 0 N–H and O–H groups in total. The van der Waals surface area contributed by atoms with Crippen LogP contribution in [0, 0.1) is 5.92 Å². The molecule has 1 aromatic rings. The molecule has 1 aliphatic rings. The molecule has 17 heavy (non-hydrogen) atoms. The molecule has 1 heterocycles. The zero-order valence-electron chi connectivity index (χ0n) is 10.5. The minimum Gasteiger partial charge on any atom is -0.408 e. The van der Waals surface area contributed by atoms with Crippen molar-refractivity contribution in [1.82, 2.24) is 10.2 Å². The number of aryl methyl sites for hydroxylation is 1. The molecule has 0 amide bonds. The summed E-state index contributed by atoms with van der Waals surface area (Å²) < 4.78 is 5.59. The minimum atomic E-state index is 0.520. The van der Waals surface area contributed by atoms with Crippen LogP contribution in [0.4, 0.5) is 6.01 Å². The van der Waals surface area contributed by atoms with Gasteiger partial charge >= 0.3 is 6.01 Å². The monoisotopic (exact) mass is 257 g/mol. The van der Waals surface area contributed by atoms with E-state index in [0.29, 0.717) is 30.2 Å². The van der Waals surface area contributed by atoms with Gasteiger partial charge in [0.1, 0.15) is 0 Å². The van der Waals surface area contributed by atoms with E-state index < -0.39 is 0 Å². The van der Waals surface area contributed by atoms with Crippen LogP contribution in [-0.2, 0) is 6.42 Å². The molecule has 0 spiro atoms. The summed E-state index contributed by atoms with van der Waals surface area (Å²) in [6.07, 6.45) is 5.65. The van der Waals surface area contributed by atoms with Gasteiger partial charge in [-0.15, -0.1) is 16.7 Å². The average molecular weight is 258 g/mol. The van der Waals surface area contributed by atoms with Crippen LogP contribution in [0.25, 0.3) is 0 Å². The first-order valence-electron chi connectivity index (χ1n) is 6.32. The normalized spacial score (nSPS) is 24.9. The van der Waals surface area contributed by atoms with Gasteiger partial charge in [-0.25, -0.2) is 0 Å². The molecule has 0 aromatic carbocycles. The molecule has 0 radical (unpaired) electrons. The lowest BCUT2D eigenvalue weighted by Crippen LogP contribution is -2.35. The summed E-state index contributed by atoms with van der Waals surface area (Å²) >= 11 is 5.65. The number of aromatic nitrogens is 2. The van der Waals surface area contributed by atoms with Crippen molar-refractivity contribution in [1.29, 1.82) is 0 Å². The quantitative estimate of drug-likeness (QED) is 0.778. The summed E-state index contributed by atoms with van der Waals surface area (Å²) in [5.41, 5.74) is 0. The molecule has 0 unspecified atom stereocenters. The predicted molar refractivity (Wildman–Crippen MR) is 68.5 cm³/mol. The third-order valence-electron chi connectivity index (χ3n) is 3.60. The third kappa shape index (κ3) is 3.12. The van der Waals surface area contributed by atoms with Gasteiger partial charge in [0.25, 0.3) is 0 Å². The Morgan fingerprint density at radius 1 is 1.29 bits per heavy atom. The molecule has 0 bridgehead atoms. The maximum atomic E-state index is 5.65. The molecule has 1 saturated carbocycles. The second kappa shape index (κ2) is 5.71. The number of alkyl halides is 1. The molecule has 96 valence electrons. The van der Waals surface area contributed by atoms with Crippen molar-refractivity contribution in [3.05, 3.63) is 5.89 Å². The Bertz CT molecular complexity index is 347. The van der Waals surface area contributed by atoms with Crippen LogP contribution < -0.4 is 4.90 Å². The molecule has 0 aliphatic heterocycles. The molecule has 0 saturated heterocycles. The van der Waals surface area contributed by atoms with Crippen LogP contribution in [0.2, 0.25) is 0 Å². The van der Waals surface area contributed by atoms with Crippen LogP contribution in [0.5, 0.6) is 0 Å². The summed E-state index contributed by atoms with van der Waals surface area (Å²) in [6.45, 7) is 2.32. The van der Waals surface area contributed by atoms with Crippen molar-refractivity contribution < 1.29 is 4.42 Å². The lowest BCUT2D eigenvalue weighted by atomic mass is 9.87. The molecule has 1 aromatic heterocycles. The van der Waals surface area contributed by atoms with Crippen LogP contribution in [0.1, 0.15) is 38.5 Å². The van der Waals surface area contributed by atoms with Gasteiger partial charge in [0.2, 0.25) is 5.89 Å². The van der Waals surface area contributed by atoms with Gasteiger partial charge < -0.3 is 9.32 Å². The van der Waals surface area contributed by atoms with E-state index in [0.717, 1.165) is 5.92 Å². The van der Waals surface area contributed by atoms with Crippen molar-refractivity contribution in [2.24, 2.45) is 5.92 Å². The first-order valence-corrected chi connectivity index (χ1v) is 6.85. The van der Waals surface area contributed by atoms with Gasteiger partial charge in [-0.2, -0.15) is 0 Å². The Labute approximate surface area is 107 Å². The first kappa shape index (κ1) is 12.7. The summed E-state index contributed by atoms with van der Waals surface area (Å²) in [7, 11) is 2.04. The van der Waals surface area contributed by atoms with E-state index in [9.17, 15) is 0 Å². The molecule has 4 nitrogen and oxygen atoms in total. The highest BCUT2D eigenvalue weighted by Crippen LogP contribution is 2.28. The number of nitrogens with zero attached hydrogens (tertiary/aromatic N) is 3. The maximum absolute atomic E-state index is 5.65. The second-order valence-corrected chi connectivity index (χ2v) is 5.32. The highest BCUT2D eigenvalue weighted by molar-refractivity contribution is 6.17. The molecule has 1 aliphatic carbocycles. The van der Waals surface area contributed by atoms with Crippen molar-refractivity contribution >= 4 is 17.6 Å². The first-order chi connectivity index (χ1) is 8.20. The van der Waals surface area contributed by atoms with Gasteiger partial charge in [-0.05, 0) is 31.6 Å². The molecular formula is C12H20ClN3O. The van der Waals surface area contributed by atoms with Crippen LogP contribution in [0.15, 0.2) is 4.42 Å². The standard InChI is InChI=1S/C12H20ClN3O/c1-9-3-5-10(6-4-9)16(2)12-15-14-11(17-12)7-8-13/h9-10H,3-8H2,1-2H3. The summed E-state index contributed by atoms with van der Waals surface area (Å²) in [4.78, 5) is 2.12. The SMILES string of the molecule is CC1CCC(N(C)c2nnc(CCCl)o2)CC1. The fourth-order valence-electron chi connectivity index (χ4n) is 2.36. The summed E-state index contributed by atoms with van der Waals surface area (Å²) in [6, 6.07) is 1.17. The van der Waals surface area contributed by atoms with E-state index in [4.69, 9.17) is 16.0 Å². The van der Waals surface area contributed by atoms with E-state index in [-0.39, 0.29) is 0 Å². The predicted octanol–water partition coefficient (Wildman–Crippen LogP) is 2.87. The molecule has 5 heteroatoms. The highest BCUT2D eigenvalue weighted by Gasteiger charge is 2.24. The highest BCUT2D eigenvalue weighted by atomic mass is 35.5. The zero-order valence-corrected chi connectivity index (χ0v) is 11.3. The van der Waals surface area contributed by atoms with Gasteiger partial charge in [0.05, 0.1) is 0 Å². The third-order valence-corrected chi connectivity index (χ3v) is 3.79. The lowest BCUT2D eigenvalue weighted by Gasteiger charge is -2.32. The van der Waals surface area contributed by atoms with Gasteiger partial charge in [-0.1, -0.05) is 12.0 Å². The molecular weight excluding hydrogens is 238 g/mol. The number of anilines is 1. The van der Waals surface area contributed by atoms with E-state index in [1.165, 1.54) is 25.7 Å². The van der Waals surface area contributed by atoms with Gasteiger partial charge in [0, 0.05) is 25.4 Å². The molecule has 2 rings (SSSR count). The number of halogens is 1. The zero-order chi connectivity index (χ0) is 12.3. The summed E-state index contributed by atoms with van der Waals surface area (Å²) in [5, 5.41) is 8.07. The minimum absolute atomic E-state index is 0.520. The van der Waals surface area contributed by atoms with Crippen molar-refractivity contribution in [2.75, 3.05) is 17.8 Å². The Balaban J connectivity index is 1.96. The average Bonchev–Trinajstić information content (AvgIpc) is 2.78. The van der Waals surface area contributed by atoms with Crippen molar-refractivity contribution in [3.8, 4) is 0 Å². The lowest BCUT2D eigenvalue weighted by molar-refractivity contribution is 0.330. The summed E-state index contributed by atoms with van der Waals surface area (Å²) in [5.74, 6) is 2.01. The van der Waals surface area contributed by atoms with Crippen molar-refractivity contribution in [2.45, 2.75) is 45.1 Å². The van der Waals surface area contributed by atoms with Crippen LogP contribution in [-0.4, -0.2) is 29.2 Å².